The lowest BCUT2D eigenvalue weighted by atomic mass is 9.94. The Morgan fingerprint density at radius 1 is 1.38 bits per heavy atom. The van der Waals surface area contributed by atoms with Crippen LogP contribution in [0.4, 0.5) is 10.3 Å². The molecule has 2 heterocycles. The van der Waals surface area contributed by atoms with E-state index in [2.05, 4.69) is 20.8 Å². The molecule has 0 unspecified atom stereocenters. The summed E-state index contributed by atoms with van der Waals surface area (Å²) in [6.07, 6.45) is 0. The van der Waals surface area contributed by atoms with Gasteiger partial charge < -0.3 is 10.2 Å². The van der Waals surface area contributed by atoms with Crippen LogP contribution in [0.15, 0.2) is 35.5 Å². The monoisotopic (exact) mass is 330 g/mol. The molecule has 126 valence electrons. The molecule has 8 heteroatoms. The van der Waals surface area contributed by atoms with E-state index in [-0.39, 0.29) is 11.7 Å². The van der Waals surface area contributed by atoms with E-state index in [9.17, 15) is 9.18 Å². The average Bonchev–Trinajstić information content (AvgIpc) is 3.02. The van der Waals surface area contributed by atoms with Gasteiger partial charge in [0.25, 0.3) is 5.91 Å². The first kappa shape index (κ1) is 16.1. The molecule has 0 saturated heterocycles. The normalized spacial score (nSPS) is 16.6. The second kappa shape index (κ2) is 6.38. The molecule has 24 heavy (non-hydrogen) atoms. The van der Waals surface area contributed by atoms with Crippen LogP contribution in [-0.4, -0.2) is 44.1 Å². The summed E-state index contributed by atoms with van der Waals surface area (Å²) in [6.45, 7) is 6.83. The molecular weight excluding hydrogens is 311 g/mol. The number of likely N-dealkylation sites (N-methyl/N-ethyl adjacent to an activating group) is 1. The van der Waals surface area contributed by atoms with Crippen LogP contribution < -0.4 is 5.32 Å². The SMILES string of the molecule is CCN(CC)C(=O)C1=C(C)Nc2nnnn2[C@H]1c1cccc(F)c1. The lowest BCUT2D eigenvalue weighted by Gasteiger charge is -2.31. The van der Waals surface area contributed by atoms with Gasteiger partial charge in [-0.25, -0.2) is 4.39 Å². The zero-order valence-corrected chi connectivity index (χ0v) is 13.8. The first-order chi connectivity index (χ1) is 11.6. The highest BCUT2D eigenvalue weighted by Gasteiger charge is 2.35. The van der Waals surface area contributed by atoms with Gasteiger partial charge in [-0.05, 0) is 48.9 Å². The van der Waals surface area contributed by atoms with E-state index in [0.717, 1.165) is 0 Å². The van der Waals surface area contributed by atoms with Crippen molar-refractivity contribution >= 4 is 11.9 Å². The second-order valence-corrected chi connectivity index (χ2v) is 5.55. The van der Waals surface area contributed by atoms with Gasteiger partial charge in [-0.3, -0.25) is 4.79 Å². The molecule has 1 amide bonds. The second-order valence-electron chi connectivity index (χ2n) is 5.55. The summed E-state index contributed by atoms with van der Waals surface area (Å²) in [5.74, 6) is -0.0498. The standard InChI is InChI=1S/C16H19FN6O/c1-4-22(5-2)15(24)13-10(3)18-16-19-20-21-23(16)14(13)11-7-6-8-12(17)9-11/h6-9,14H,4-5H2,1-3H3,(H,18,19,21)/t14-/m0/s1. The predicted octanol–water partition coefficient (Wildman–Crippen LogP) is 1.97. The zero-order chi connectivity index (χ0) is 17.3. The van der Waals surface area contributed by atoms with Gasteiger partial charge in [0.1, 0.15) is 11.9 Å². The Morgan fingerprint density at radius 2 is 2.12 bits per heavy atom. The van der Waals surface area contributed by atoms with Crippen molar-refractivity contribution in [2.24, 2.45) is 0 Å². The highest BCUT2D eigenvalue weighted by Crippen LogP contribution is 2.35. The summed E-state index contributed by atoms with van der Waals surface area (Å²) >= 11 is 0. The summed E-state index contributed by atoms with van der Waals surface area (Å²) < 4.78 is 15.3. The van der Waals surface area contributed by atoms with E-state index < -0.39 is 6.04 Å². The number of halogens is 1. The summed E-state index contributed by atoms with van der Waals surface area (Å²) in [7, 11) is 0. The number of hydrogen-bond donors (Lipinski definition) is 1. The minimum Gasteiger partial charge on any atom is -0.339 e. The van der Waals surface area contributed by atoms with Crippen LogP contribution in [0.25, 0.3) is 0 Å². The number of fused-ring (bicyclic) bond motifs is 1. The largest absolute Gasteiger partial charge is 0.339 e. The number of rotatable bonds is 4. The fraction of sp³-hybridized carbons (Fsp3) is 0.375. The molecule has 0 saturated carbocycles. The number of amides is 1. The van der Waals surface area contributed by atoms with Gasteiger partial charge in [0.15, 0.2) is 0 Å². The maximum atomic E-state index is 13.8. The van der Waals surface area contributed by atoms with E-state index in [1.165, 1.54) is 16.8 Å². The number of benzene rings is 1. The smallest absolute Gasteiger partial charge is 0.254 e. The molecule has 0 aliphatic carbocycles. The fourth-order valence-corrected chi connectivity index (χ4v) is 2.96. The lowest BCUT2D eigenvalue weighted by molar-refractivity contribution is -0.127. The van der Waals surface area contributed by atoms with Gasteiger partial charge in [0.05, 0.1) is 5.57 Å². The third-order valence-corrected chi connectivity index (χ3v) is 4.16. The molecule has 1 aliphatic heterocycles. The van der Waals surface area contributed by atoms with Crippen molar-refractivity contribution in [3.8, 4) is 0 Å². The molecular formula is C16H19FN6O. The van der Waals surface area contributed by atoms with Crippen molar-refractivity contribution in [1.82, 2.24) is 25.1 Å². The lowest BCUT2D eigenvalue weighted by Crippen LogP contribution is -2.38. The molecule has 0 radical (unpaired) electrons. The number of anilines is 1. The maximum Gasteiger partial charge on any atom is 0.254 e. The molecule has 1 N–H and O–H groups in total. The van der Waals surface area contributed by atoms with Crippen LogP contribution in [0.3, 0.4) is 0 Å². The number of carbonyl (C=O) groups excluding carboxylic acids is 1. The first-order valence-corrected chi connectivity index (χ1v) is 7.87. The fourth-order valence-electron chi connectivity index (χ4n) is 2.96. The Balaban J connectivity index is 2.15. The Labute approximate surface area is 139 Å². The number of aromatic nitrogens is 4. The van der Waals surface area contributed by atoms with E-state index in [1.807, 2.05) is 13.8 Å². The van der Waals surface area contributed by atoms with E-state index in [4.69, 9.17) is 0 Å². The molecule has 3 rings (SSSR count). The molecule has 0 spiro atoms. The van der Waals surface area contributed by atoms with Crippen molar-refractivity contribution in [3.63, 3.8) is 0 Å². The molecule has 1 aromatic carbocycles. The van der Waals surface area contributed by atoms with Crippen molar-refractivity contribution in [1.29, 1.82) is 0 Å². The number of allylic oxidation sites excluding steroid dienone is 1. The highest BCUT2D eigenvalue weighted by atomic mass is 19.1. The molecule has 1 aliphatic rings. The van der Waals surface area contributed by atoms with E-state index in [1.54, 1.807) is 24.0 Å². The minimum absolute atomic E-state index is 0.111. The van der Waals surface area contributed by atoms with Crippen molar-refractivity contribution < 1.29 is 9.18 Å². The van der Waals surface area contributed by atoms with Gasteiger partial charge in [-0.15, -0.1) is 0 Å². The van der Waals surface area contributed by atoms with Gasteiger partial charge in [0.2, 0.25) is 5.95 Å². The first-order valence-electron chi connectivity index (χ1n) is 7.87. The molecule has 1 aromatic heterocycles. The third-order valence-electron chi connectivity index (χ3n) is 4.16. The quantitative estimate of drug-likeness (QED) is 0.927. The van der Waals surface area contributed by atoms with Crippen LogP contribution in [-0.2, 0) is 4.79 Å². The number of nitrogens with zero attached hydrogens (tertiary/aromatic N) is 5. The van der Waals surface area contributed by atoms with Gasteiger partial charge in [-0.1, -0.05) is 17.2 Å². The predicted molar refractivity (Wildman–Crippen MR) is 86.6 cm³/mol. The Hall–Kier alpha value is -2.77. The number of tetrazole rings is 1. The Kier molecular flexibility index (Phi) is 4.28. The Bertz CT molecular complexity index is 795. The third kappa shape index (κ3) is 2.64. The summed E-state index contributed by atoms with van der Waals surface area (Å²) in [4.78, 5) is 14.7. The maximum absolute atomic E-state index is 13.8. The van der Waals surface area contributed by atoms with Crippen LogP contribution >= 0.6 is 0 Å². The topological polar surface area (TPSA) is 75.9 Å². The molecule has 1 atom stereocenters. The zero-order valence-electron chi connectivity index (χ0n) is 13.8. The van der Waals surface area contributed by atoms with Crippen LogP contribution in [0.5, 0.6) is 0 Å². The van der Waals surface area contributed by atoms with Crippen molar-refractivity contribution in [2.45, 2.75) is 26.8 Å². The van der Waals surface area contributed by atoms with E-state index in [0.29, 0.717) is 35.9 Å². The number of carbonyl (C=O) groups is 1. The van der Waals surface area contributed by atoms with Gasteiger partial charge >= 0.3 is 0 Å². The summed E-state index contributed by atoms with van der Waals surface area (Å²) in [5.41, 5.74) is 1.81. The van der Waals surface area contributed by atoms with Crippen molar-refractivity contribution in [2.75, 3.05) is 18.4 Å². The summed E-state index contributed by atoms with van der Waals surface area (Å²) in [6, 6.07) is 5.59. The average molecular weight is 330 g/mol. The number of hydrogen-bond acceptors (Lipinski definition) is 5. The molecule has 2 aromatic rings. The Morgan fingerprint density at radius 3 is 2.79 bits per heavy atom. The molecule has 7 nitrogen and oxygen atoms in total. The van der Waals surface area contributed by atoms with Crippen LogP contribution in [0.1, 0.15) is 32.4 Å². The van der Waals surface area contributed by atoms with Crippen LogP contribution in [0.2, 0.25) is 0 Å². The highest BCUT2D eigenvalue weighted by molar-refractivity contribution is 5.96. The molecule has 0 bridgehead atoms. The van der Waals surface area contributed by atoms with Crippen LogP contribution in [0, 0.1) is 5.82 Å². The van der Waals surface area contributed by atoms with E-state index >= 15 is 0 Å². The molecule has 0 fully saturated rings. The van der Waals surface area contributed by atoms with Gasteiger partial charge in [-0.2, -0.15) is 4.68 Å². The summed E-state index contributed by atoms with van der Waals surface area (Å²) in [5, 5.41) is 14.6. The number of nitrogens with one attached hydrogen (secondary N) is 1. The minimum atomic E-state index is -0.569. The van der Waals surface area contributed by atoms with Gasteiger partial charge in [0, 0.05) is 18.8 Å². The van der Waals surface area contributed by atoms with Crippen molar-refractivity contribution in [3.05, 3.63) is 46.9 Å².